The lowest BCUT2D eigenvalue weighted by Gasteiger charge is -2.42. The van der Waals surface area contributed by atoms with Crippen molar-refractivity contribution in [1.29, 1.82) is 0 Å². The van der Waals surface area contributed by atoms with Crippen molar-refractivity contribution in [1.82, 2.24) is 10.2 Å². The van der Waals surface area contributed by atoms with Crippen LogP contribution < -0.4 is 5.32 Å². The molecule has 184 valence electrons. The second-order valence-corrected chi connectivity index (χ2v) is 10.0. The quantitative estimate of drug-likeness (QED) is 0.331. The number of hydrogen-bond acceptors (Lipinski definition) is 4. The third kappa shape index (κ3) is 8.43. The van der Waals surface area contributed by atoms with Gasteiger partial charge in [0.15, 0.2) is 0 Å². The van der Waals surface area contributed by atoms with Gasteiger partial charge in [-0.3, -0.25) is 9.98 Å². The summed E-state index contributed by atoms with van der Waals surface area (Å²) in [6.45, 7) is 13.8. The van der Waals surface area contributed by atoms with Crippen LogP contribution in [0.25, 0.3) is 0 Å². The van der Waals surface area contributed by atoms with Gasteiger partial charge in [-0.1, -0.05) is 55.3 Å². The molecule has 1 saturated heterocycles. The first-order chi connectivity index (χ1) is 16.4. The molecule has 0 amide bonds. The maximum atomic E-state index is 14.7. The van der Waals surface area contributed by atoms with E-state index in [0.29, 0.717) is 23.3 Å². The maximum absolute atomic E-state index is 14.7. The second-order valence-electron chi connectivity index (χ2n) is 9.57. The number of likely N-dealkylation sites (tertiary alicyclic amines) is 1. The van der Waals surface area contributed by atoms with Gasteiger partial charge in [0.05, 0.1) is 11.4 Å². The lowest BCUT2D eigenvalue weighted by molar-refractivity contribution is 0.167. The molecular formula is C28H38ClFN4. The number of benzene rings is 1. The summed E-state index contributed by atoms with van der Waals surface area (Å²) in [7, 11) is 0. The summed E-state index contributed by atoms with van der Waals surface area (Å²) >= 11 is 6.05. The van der Waals surface area contributed by atoms with Crippen LogP contribution in [0.4, 0.5) is 4.39 Å². The zero-order chi connectivity index (χ0) is 24.3. The van der Waals surface area contributed by atoms with Crippen molar-refractivity contribution in [3.05, 3.63) is 70.8 Å². The Hall–Kier alpha value is -2.40. The molecule has 6 heteroatoms. The number of unbranched alkanes of at least 4 members (excludes halogenated alkanes) is 1. The highest BCUT2D eigenvalue weighted by atomic mass is 35.5. The van der Waals surface area contributed by atoms with Gasteiger partial charge >= 0.3 is 0 Å². The summed E-state index contributed by atoms with van der Waals surface area (Å²) in [6, 6.07) is 5.71. The number of aryl methyl sites for hydroxylation is 1. The van der Waals surface area contributed by atoms with Crippen LogP contribution in [0.15, 0.2) is 63.8 Å². The predicted molar refractivity (Wildman–Crippen MR) is 143 cm³/mol. The number of hydrogen-bond donors (Lipinski definition) is 1. The molecule has 2 aliphatic heterocycles. The molecule has 2 heterocycles. The van der Waals surface area contributed by atoms with Crippen molar-refractivity contribution >= 4 is 24.2 Å². The Bertz CT molecular complexity index is 930. The zero-order valence-corrected chi connectivity index (χ0v) is 21.2. The molecule has 1 aromatic carbocycles. The van der Waals surface area contributed by atoms with Gasteiger partial charge in [-0.25, -0.2) is 4.39 Å². The first-order valence-electron chi connectivity index (χ1n) is 12.4. The number of rotatable bonds is 9. The zero-order valence-electron chi connectivity index (χ0n) is 20.4. The van der Waals surface area contributed by atoms with Gasteiger partial charge in [-0.05, 0) is 55.7 Å². The van der Waals surface area contributed by atoms with E-state index in [0.717, 1.165) is 81.5 Å². The van der Waals surface area contributed by atoms with Crippen LogP contribution in [-0.4, -0.2) is 43.6 Å². The van der Waals surface area contributed by atoms with E-state index in [1.165, 1.54) is 5.57 Å². The average Bonchev–Trinajstić information content (AvgIpc) is 2.75. The molecule has 1 N–H and O–H groups in total. The molecule has 1 atom stereocenters. The van der Waals surface area contributed by atoms with Crippen molar-refractivity contribution in [3.63, 3.8) is 0 Å². The monoisotopic (exact) mass is 484 g/mol. The Morgan fingerprint density at radius 3 is 2.68 bits per heavy atom. The standard InChI is InChI=1S/C28H38ClFN4/c1-21(2)26-18-34(19-26)22(3)14-25-9-8-24(15-28(25)30)7-5-4-6-23-10-12-31-16-27(29)17-33-20-32-13-11-23/h8-9,15-17,20,23,26H,1,3-7,10-14,18-19H2,2H3,(H,32,33)/b27-17+,31-16?. The Kier molecular flexibility index (Phi) is 10.4. The fourth-order valence-corrected chi connectivity index (χ4v) is 4.53. The lowest BCUT2D eigenvalue weighted by atomic mass is 9.92. The van der Waals surface area contributed by atoms with Crippen molar-refractivity contribution in [2.75, 3.05) is 26.2 Å². The Balaban J connectivity index is 1.40. The number of halogens is 2. The summed E-state index contributed by atoms with van der Waals surface area (Å²) in [6.07, 6.45) is 12.0. The second kappa shape index (κ2) is 13.5. The highest BCUT2D eigenvalue weighted by Crippen LogP contribution is 2.27. The Morgan fingerprint density at radius 2 is 1.94 bits per heavy atom. The molecule has 2 aliphatic rings. The topological polar surface area (TPSA) is 40.0 Å². The third-order valence-corrected chi connectivity index (χ3v) is 7.01. The normalized spacial score (nSPS) is 21.0. The first-order valence-corrected chi connectivity index (χ1v) is 12.8. The van der Waals surface area contributed by atoms with Crippen LogP contribution >= 0.6 is 11.6 Å². The minimum atomic E-state index is -0.119. The van der Waals surface area contributed by atoms with Crippen LogP contribution in [-0.2, 0) is 12.8 Å². The molecule has 0 bridgehead atoms. The summed E-state index contributed by atoms with van der Waals surface area (Å²) < 4.78 is 14.7. The smallest absolute Gasteiger partial charge is 0.127 e. The summed E-state index contributed by atoms with van der Waals surface area (Å²) in [5.41, 5.74) is 4.00. The van der Waals surface area contributed by atoms with Gasteiger partial charge in [0.1, 0.15) is 5.82 Å². The molecule has 1 unspecified atom stereocenters. The van der Waals surface area contributed by atoms with Crippen molar-refractivity contribution in [2.45, 2.75) is 51.9 Å². The Labute approximate surface area is 209 Å². The van der Waals surface area contributed by atoms with E-state index in [4.69, 9.17) is 11.6 Å². The molecule has 1 fully saturated rings. The van der Waals surface area contributed by atoms with Crippen LogP contribution in [0.1, 0.15) is 50.2 Å². The molecule has 0 aliphatic carbocycles. The van der Waals surface area contributed by atoms with E-state index in [1.807, 2.05) is 6.07 Å². The molecule has 3 rings (SSSR count). The third-order valence-electron chi connectivity index (χ3n) is 6.80. The highest BCUT2D eigenvalue weighted by Gasteiger charge is 2.28. The average molecular weight is 485 g/mol. The van der Waals surface area contributed by atoms with Gasteiger partial charge in [-0.15, -0.1) is 0 Å². The van der Waals surface area contributed by atoms with Crippen molar-refractivity contribution in [2.24, 2.45) is 21.8 Å². The fourth-order valence-electron chi connectivity index (χ4n) is 4.40. The van der Waals surface area contributed by atoms with Crippen molar-refractivity contribution in [3.8, 4) is 0 Å². The molecule has 34 heavy (non-hydrogen) atoms. The molecule has 0 saturated carbocycles. The van der Waals surface area contributed by atoms with E-state index in [9.17, 15) is 4.39 Å². The number of nitrogens with one attached hydrogen (secondary N) is 1. The molecular weight excluding hydrogens is 447 g/mol. The van der Waals surface area contributed by atoms with Gasteiger partial charge in [-0.2, -0.15) is 0 Å². The lowest BCUT2D eigenvalue weighted by Crippen LogP contribution is -2.46. The summed E-state index contributed by atoms with van der Waals surface area (Å²) in [5, 5.41) is 3.53. The van der Waals surface area contributed by atoms with Gasteiger partial charge in [0.2, 0.25) is 0 Å². The van der Waals surface area contributed by atoms with Gasteiger partial charge < -0.3 is 10.2 Å². The van der Waals surface area contributed by atoms with Crippen LogP contribution in [0.5, 0.6) is 0 Å². The van der Waals surface area contributed by atoms with Gasteiger partial charge in [0.25, 0.3) is 0 Å². The maximum Gasteiger partial charge on any atom is 0.127 e. The van der Waals surface area contributed by atoms with E-state index in [2.05, 4.69) is 46.3 Å². The van der Waals surface area contributed by atoms with E-state index in [-0.39, 0.29) is 5.82 Å². The molecule has 4 nitrogen and oxygen atoms in total. The molecule has 0 aromatic heterocycles. The SMILES string of the molecule is C=C(C)C1CN(C(=C)Cc2ccc(CCCCC3CCN=CN/C=C(/Cl)C=NCC3)cc2F)C1. The number of aliphatic imine (C=N–C) groups is 2. The first kappa shape index (κ1) is 26.2. The van der Waals surface area contributed by atoms with E-state index in [1.54, 1.807) is 24.8 Å². The van der Waals surface area contributed by atoms with E-state index >= 15 is 0 Å². The Morgan fingerprint density at radius 1 is 1.18 bits per heavy atom. The van der Waals surface area contributed by atoms with Crippen LogP contribution in [0, 0.1) is 17.7 Å². The summed E-state index contributed by atoms with van der Waals surface area (Å²) in [5.74, 6) is 1.02. The summed E-state index contributed by atoms with van der Waals surface area (Å²) in [4.78, 5) is 11.0. The van der Waals surface area contributed by atoms with Crippen LogP contribution in [0.2, 0.25) is 0 Å². The van der Waals surface area contributed by atoms with Gasteiger partial charge in [0, 0.05) is 56.6 Å². The van der Waals surface area contributed by atoms with E-state index < -0.39 is 0 Å². The van der Waals surface area contributed by atoms with Crippen LogP contribution in [0.3, 0.4) is 0 Å². The largest absolute Gasteiger partial charge is 0.374 e. The number of allylic oxidation sites excluding steroid dienone is 2. The van der Waals surface area contributed by atoms with Crippen molar-refractivity contribution < 1.29 is 4.39 Å². The number of nitrogens with zero attached hydrogens (tertiary/aromatic N) is 3. The minimum Gasteiger partial charge on any atom is -0.374 e. The predicted octanol–water partition coefficient (Wildman–Crippen LogP) is 6.28. The molecule has 0 radical (unpaired) electrons. The fraction of sp³-hybridized carbons (Fsp3) is 0.500. The molecule has 0 spiro atoms. The highest BCUT2D eigenvalue weighted by molar-refractivity contribution is 6.39. The molecule has 1 aromatic rings. The minimum absolute atomic E-state index is 0.119.